The summed E-state index contributed by atoms with van der Waals surface area (Å²) in [7, 11) is 3.13. The Kier molecular flexibility index (Phi) is 7.47. The van der Waals surface area contributed by atoms with Crippen LogP contribution in [0.5, 0.6) is 17.2 Å². The SMILES string of the molecule is COc1ccc(/C=N/NC(=O)COc2c(C)cc(Br)cc2Br)c(OC)c1. The van der Waals surface area contributed by atoms with E-state index in [9.17, 15) is 4.79 Å². The Balaban J connectivity index is 1.94. The van der Waals surface area contributed by atoms with Gasteiger partial charge in [-0.25, -0.2) is 5.43 Å². The van der Waals surface area contributed by atoms with Crippen molar-refractivity contribution in [2.45, 2.75) is 6.92 Å². The van der Waals surface area contributed by atoms with Crippen molar-refractivity contribution in [2.24, 2.45) is 5.10 Å². The number of amides is 1. The summed E-state index contributed by atoms with van der Waals surface area (Å²) >= 11 is 6.82. The summed E-state index contributed by atoms with van der Waals surface area (Å²) in [4.78, 5) is 11.9. The highest BCUT2D eigenvalue weighted by molar-refractivity contribution is 9.11. The van der Waals surface area contributed by atoms with Crippen LogP contribution >= 0.6 is 31.9 Å². The van der Waals surface area contributed by atoms with Gasteiger partial charge in [0.05, 0.1) is 24.9 Å². The standard InChI is InChI=1S/C18H18Br2N2O4/c1-11-6-13(19)7-15(20)18(11)26-10-17(23)22-21-9-12-4-5-14(24-2)8-16(12)25-3/h4-9H,10H2,1-3H3,(H,22,23)/b21-9+. The summed E-state index contributed by atoms with van der Waals surface area (Å²) < 4.78 is 17.7. The Hall–Kier alpha value is -2.06. The fourth-order valence-electron chi connectivity index (χ4n) is 2.14. The summed E-state index contributed by atoms with van der Waals surface area (Å²) in [6.45, 7) is 1.75. The number of ether oxygens (including phenoxy) is 3. The van der Waals surface area contributed by atoms with E-state index in [1.807, 2.05) is 19.1 Å². The van der Waals surface area contributed by atoms with Crippen LogP contribution in [0.25, 0.3) is 0 Å². The molecule has 2 aromatic carbocycles. The van der Waals surface area contributed by atoms with Crippen molar-refractivity contribution in [3.8, 4) is 17.2 Å². The number of nitrogens with zero attached hydrogens (tertiary/aromatic N) is 1. The first-order valence-corrected chi connectivity index (χ1v) is 9.15. The molecule has 1 N–H and O–H groups in total. The number of carbonyl (C=O) groups is 1. The number of hydrogen-bond acceptors (Lipinski definition) is 5. The van der Waals surface area contributed by atoms with E-state index in [4.69, 9.17) is 14.2 Å². The molecule has 0 radical (unpaired) electrons. The number of hydrogen-bond donors (Lipinski definition) is 1. The van der Waals surface area contributed by atoms with E-state index in [-0.39, 0.29) is 12.5 Å². The maximum Gasteiger partial charge on any atom is 0.277 e. The number of rotatable bonds is 7. The maximum absolute atomic E-state index is 11.9. The zero-order valence-corrected chi connectivity index (χ0v) is 17.7. The number of carbonyl (C=O) groups excluding carboxylic acids is 1. The highest BCUT2D eigenvalue weighted by Gasteiger charge is 2.09. The number of hydrazone groups is 1. The van der Waals surface area contributed by atoms with E-state index >= 15 is 0 Å². The lowest BCUT2D eigenvalue weighted by Crippen LogP contribution is -2.24. The average molecular weight is 486 g/mol. The Morgan fingerprint density at radius 1 is 1.19 bits per heavy atom. The summed E-state index contributed by atoms with van der Waals surface area (Å²) in [5.41, 5.74) is 4.04. The molecule has 0 heterocycles. The zero-order valence-electron chi connectivity index (χ0n) is 14.5. The van der Waals surface area contributed by atoms with Crippen molar-refractivity contribution in [3.63, 3.8) is 0 Å². The molecule has 2 aromatic rings. The van der Waals surface area contributed by atoms with Gasteiger partial charge in [-0.05, 0) is 52.7 Å². The lowest BCUT2D eigenvalue weighted by atomic mass is 10.2. The van der Waals surface area contributed by atoms with Gasteiger partial charge in [0.1, 0.15) is 17.2 Å². The Morgan fingerprint density at radius 3 is 2.62 bits per heavy atom. The van der Waals surface area contributed by atoms with E-state index in [0.717, 1.165) is 14.5 Å². The monoisotopic (exact) mass is 484 g/mol. The molecule has 6 nitrogen and oxygen atoms in total. The van der Waals surface area contributed by atoms with Gasteiger partial charge in [0.25, 0.3) is 5.91 Å². The molecule has 0 bridgehead atoms. The topological polar surface area (TPSA) is 69.2 Å². The molecule has 0 aliphatic rings. The smallest absolute Gasteiger partial charge is 0.277 e. The Labute approximate surface area is 168 Å². The minimum Gasteiger partial charge on any atom is -0.497 e. The van der Waals surface area contributed by atoms with Crippen molar-refractivity contribution in [2.75, 3.05) is 20.8 Å². The van der Waals surface area contributed by atoms with E-state index < -0.39 is 0 Å². The molecule has 0 saturated heterocycles. The number of aryl methyl sites for hydroxylation is 1. The fraction of sp³-hybridized carbons (Fsp3) is 0.222. The molecule has 8 heteroatoms. The van der Waals surface area contributed by atoms with Crippen LogP contribution in [0.2, 0.25) is 0 Å². The molecule has 0 unspecified atom stereocenters. The predicted octanol–water partition coefficient (Wildman–Crippen LogP) is 4.07. The second kappa shape index (κ2) is 9.59. The second-order valence-electron chi connectivity index (χ2n) is 5.22. The van der Waals surface area contributed by atoms with Crippen molar-refractivity contribution < 1.29 is 19.0 Å². The normalized spacial score (nSPS) is 10.7. The molecule has 2 rings (SSSR count). The molecule has 26 heavy (non-hydrogen) atoms. The number of nitrogens with one attached hydrogen (secondary N) is 1. The Morgan fingerprint density at radius 2 is 1.96 bits per heavy atom. The molecule has 138 valence electrons. The number of benzene rings is 2. The van der Waals surface area contributed by atoms with Crippen molar-refractivity contribution >= 4 is 44.0 Å². The molecule has 0 aromatic heterocycles. The van der Waals surface area contributed by atoms with Crippen LogP contribution < -0.4 is 19.6 Å². The van der Waals surface area contributed by atoms with E-state index in [2.05, 4.69) is 42.4 Å². The van der Waals surface area contributed by atoms with E-state index in [1.165, 1.54) is 6.21 Å². The first-order valence-electron chi connectivity index (χ1n) is 7.57. The van der Waals surface area contributed by atoms with Crippen LogP contribution in [0.4, 0.5) is 0 Å². The van der Waals surface area contributed by atoms with Crippen LogP contribution in [0.1, 0.15) is 11.1 Å². The summed E-state index contributed by atoms with van der Waals surface area (Å²) in [6.07, 6.45) is 1.50. The summed E-state index contributed by atoms with van der Waals surface area (Å²) in [5, 5.41) is 3.93. The molecular formula is C18H18Br2N2O4. The molecule has 0 saturated carbocycles. The highest BCUT2D eigenvalue weighted by Crippen LogP contribution is 2.32. The lowest BCUT2D eigenvalue weighted by molar-refractivity contribution is -0.123. The highest BCUT2D eigenvalue weighted by atomic mass is 79.9. The Bertz CT molecular complexity index is 802. The quantitative estimate of drug-likeness (QED) is 0.474. The van der Waals surface area contributed by atoms with E-state index in [0.29, 0.717) is 22.8 Å². The molecule has 0 aliphatic heterocycles. The van der Waals surface area contributed by atoms with Crippen molar-refractivity contribution in [1.29, 1.82) is 0 Å². The van der Waals surface area contributed by atoms with Gasteiger partial charge in [-0.15, -0.1) is 0 Å². The van der Waals surface area contributed by atoms with Gasteiger partial charge in [-0.3, -0.25) is 4.79 Å². The predicted molar refractivity (Wildman–Crippen MR) is 107 cm³/mol. The third-order valence-electron chi connectivity index (χ3n) is 3.38. The van der Waals surface area contributed by atoms with Gasteiger partial charge in [-0.1, -0.05) is 15.9 Å². The first kappa shape index (κ1) is 20.3. The largest absolute Gasteiger partial charge is 0.497 e. The van der Waals surface area contributed by atoms with Gasteiger partial charge in [-0.2, -0.15) is 5.10 Å². The molecule has 0 aliphatic carbocycles. The van der Waals surface area contributed by atoms with Gasteiger partial charge in [0.2, 0.25) is 0 Å². The number of halogens is 2. The lowest BCUT2D eigenvalue weighted by Gasteiger charge is -2.11. The van der Waals surface area contributed by atoms with Crippen LogP contribution in [-0.2, 0) is 4.79 Å². The van der Waals surface area contributed by atoms with Gasteiger partial charge >= 0.3 is 0 Å². The van der Waals surface area contributed by atoms with Crippen molar-refractivity contribution in [3.05, 3.63) is 50.4 Å². The number of methoxy groups -OCH3 is 2. The molecule has 1 amide bonds. The van der Waals surface area contributed by atoms with Crippen LogP contribution in [0.15, 0.2) is 44.4 Å². The minimum atomic E-state index is -0.372. The van der Waals surface area contributed by atoms with Crippen LogP contribution in [0, 0.1) is 6.92 Å². The maximum atomic E-state index is 11.9. The summed E-state index contributed by atoms with van der Waals surface area (Å²) in [5.74, 6) is 1.51. The third-order valence-corrected chi connectivity index (χ3v) is 4.42. The van der Waals surface area contributed by atoms with Crippen molar-refractivity contribution in [1.82, 2.24) is 5.43 Å². The average Bonchev–Trinajstić information content (AvgIpc) is 2.61. The third kappa shape index (κ3) is 5.47. The molecule has 0 atom stereocenters. The van der Waals surface area contributed by atoms with E-state index in [1.54, 1.807) is 32.4 Å². The first-order chi connectivity index (χ1) is 12.4. The van der Waals surface area contributed by atoms with Gasteiger partial charge in [0, 0.05) is 16.1 Å². The molecular weight excluding hydrogens is 468 g/mol. The van der Waals surface area contributed by atoms with Crippen LogP contribution in [0.3, 0.4) is 0 Å². The fourth-order valence-corrected chi connectivity index (χ4v) is 3.69. The molecule has 0 spiro atoms. The van der Waals surface area contributed by atoms with Crippen LogP contribution in [-0.4, -0.2) is 32.9 Å². The summed E-state index contributed by atoms with van der Waals surface area (Å²) in [6, 6.07) is 9.06. The minimum absolute atomic E-state index is 0.155. The second-order valence-corrected chi connectivity index (χ2v) is 6.99. The zero-order chi connectivity index (χ0) is 19.1. The van der Waals surface area contributed by atoms with Gasteiger partial charge in [0.15, 0.2) is 6.61 Å². The van der Waals surface area contributed by atoms with Gasteiger partial charge < -0.3 is 14.2 Å². The molecule has 0 fully saturated rings.